The molecule has 2 atom stereocenters. The fourth-order valence-corrected chi connectivity index (χ4v) is 6.56. The predicted octanol–water partition coefficient (Wildman–Crippen LogP) is 5.09. The van der Waals surface area contributed by atoms with Gasteiger partial charge < -0.3 is 9.64 Å². The smallest absolute Gasteiger partial charge is 0.204 e. The highest BCUT2D eigenvalue weighted by atomic mass is 32.2. The molecule has 5 heteroatoms. The second-order valence-corrected chi connectivity index (χ2v) is 10.5. The van der Waals surface area contributed by atoms with Gasteiger partial charge >= 0.3 is 0 Å². The maximum absolute atomic E-state index is 13.6. The first-order valence-corrected chi connectivity index (χ1v) is 12.4. The lowest BCUT2D eigenvalue weighted by Gasteiger charge is -2.40. The lowest BCUT2D eigenvalue weighted by Crippen LogP contribution is -2.40. The van der Waals surface area contributed by atoms with E-state index in [9.17, 15) is 8.42 Å². The summed E-state index contributed by atoms with van der Waals surface area (Å²) in [6.45, 7) is 6.18. The van der Waals surface area contributed by atoms with Crippen LogP contribution in [0.4, 0.5) is 0 Å². The molecule has 0 radical (unpaired) electrons. The Hall–Kier alpha value is -2.11. The van der Waals surface area contributed by atoms with Gasteiger partial charge in [0.25, 0.3) is 0 Å². The van der Waals surface area contributed by atoms with E-state index in [1.165, 1.54) is 0 Å². The van der Waals surface area contributed by atoms with E-state index < -0.39 is 9.84 Å². The molecule has 2 aliphatic heterocycles. The highest BCUT2D eigenvalue weighted by Crippen LogP contribution is 2.42. The Balaban J connectivity index is 1.59. The first-order valence-electron chi connectivity index (χ1n) is 10.9. The molecule has 0 unspecified atom stereocenters. The van der Waals surface area contributed by atoms with Crippen molar-refractivity contribution in [2.75, 3.05) is 13.2 Å². The number of hydrogen-bond donors (Lipinski definition) is 0. The standard InChI is InChI=1S/C25H31NO3S/c1-19-10-12-22(13-11-19)30(27,28)25-17-20(2)23-9-6-15-26(23)24(25)14-16-29-18-21-7-4-3-5-8-21/h3-5,7-8,10-13,20,23H,6,9,14-18H2,1-2H3/t20-,23+/m1/s1. The number of rotatable bonds is 7. The van der Waals surface area contributed by atoms with Crippen LogP contribution in [-0.2, 0) is 21.2 Å². The zero-order chi connectivity index (χ0) is 21.1. The van der Waals surface area contributed by atoms with Crippen LogP contribution in [0, 0.1) is 12.8 Å². The van der Waals surface area contributed by atoms with Crippen LogP contribution >= 0.6 is 0 Å². The Labute approximate surface area is 180 Å². The van der Waals surface area contributed by atoms with E-state index in [1.807, 2.05) is 49.4 Å². The van der Waals surface area contributed by atoms with E-state index in [1.54, 1.807) is 12.1 Å². The molecule has 4 nitrogen and oxygen atoms in total. The van der Waals surface area contributed by atoms with Gasteiger partial charge in [-0.25, -0.2) is 8.42 Å². The molecule has 0 spiro atoms. The summed E-state index contributed by atoms with van der Waals surface area (Å²) in [5, 5.41) is 0. The molecule has 1 saturated heterocycles. The van der Waals surface area contributed by atoms with Crippen LogP contribution in [0.25, 0.3) is 0 Å². The van der Waals surface area contributed by atoms with Crippen LogP contribution in [0.3, 0.4) is 0 Å². The summed E-state index contributed by atoms with van der Waals surface area (Å²) in [5.41, 5.74) is 3.17. The van der Waals surface area contributed by atoms with Crippen LogP contribution in [0.1, 0.15) is 43.7 Å². The second kappa shape index (κ2) is 8.94. The monoisotopic (exact) mass is 425 g/mol. The van der Waals surface area contributed by atoms with Gasteiger partial charge in [0, 0.05) is 24.7 Å². The molecule has 0 saturated carbocycles. The normalized spacial score (nSPS) is 21.7. The summed E-state index contributed by atoms with van der Waals surface area (Å²) in [6, 6.07) is 17.8. The third-order valence-corrected chi connectivity index (χ3v) is 8.33. The Bertz CT molecular complexity index is 996. The van der Waals surface area contributed by atoms with Gasteiger partial charge in [0.05, 0.1) is 23.0 Å². The minimum absolute atomic E-state index is 0.344. The van der Waals surface area contributed by atoms with Crippen molar-refractivity contribution in [3.8, 4) is 0 Å². The fourth-order valence-electron chi connectivity index (χ4n) is 4.77. The van der Waals surface area contributed by atoms with Crippen LogP contribution in [0.5, 0.6) is 0 Å². The summed E-state index contributed by atoms with van der Waals surface area (Å²) in [5.74, 6) is 0.344. The molecule has 0 aromatic heterocycles. The number of nitrogens with zero attached hydrogens (tertiary/aromatic N) is 1. The molecular weight excluding hydrogens is 394 g/mol. The number of ether oxygens (including phenoxy) is 1. The number of aryl methyl sites for hydroxylation is 1. The van der Waals surface area contributed by atoms with Crippen molar-refractivity contribution in [1.82, 2.24) is 4.90 Å². The lowest BCUT2D eigenvalue weighted by molar-refractivity contribution is 0.112. The average Bonchev–Trinajstić information content (AvgIpc) is 3.24. The Morgan fingerprint density at radius 3 is 2.53 bits per heavy atom. The molecule has 0 amide bonds. The van der Waals surface area contributed by atoms with Crippen molar-refractivity contribution in [3.05, 3.63) is 76.3 Å². The lowest BCUT2D eigenvalue weighted by atomic mass is 9.91. The van der Waals surface area contributed by atoms with E-state index in [-0.39, 0.29) is 0 Å². The van der Waals surface area contributed by atoms with E-state index >= 15 is 0 Å². The molecule has 160 valence electrons. The van der Waals surface area contributed by atoms with E-state index in [0.717, 1.165) is 36.2 Å². The Kier molecular flexibility index (Phi) is 6.30. The van der Waals surface area contributed by atoms with Gasteiger partial charge in [-0.2, -0.15) is 0 Å². The molecule has 0 N–H and O–H groups in total. The van der Waals surface area contributed by atoms with Crippen molar-refractivity contribution in [2.24, 2.45) is 5.92 Å². The molecule has 0 bridgehead atoms. The largest absolute Gasteiger partial charge is 0.376 e. The van der Waals surface area contributed by atoms with E-state index in [2.05, 4.69) is 11.8 Å². The zero-order valence-corrected chi connectivity index (χ0v) is 18.7. The van der Waals surface area contributed by atoms with E-state index in [4.69, 9.17) is 4.74 Å². The van der Waals surface area contributed by atoms with Gasteiger partial charge in [0.2, 0.25) is 9.84 Å². The molecule has 2 aliphatic rings. The molecular formula is C25H31NO3S. The minimum atomic E-state index is -3.51. The molecule has 0 aliphatic carbocycles. The quantitative estimate of drug-likeness (QED) is 0.580. The first-order chi connectivity index (χ1) is 14.5. The number of benzene rings is 2. The van der Waals surface area contributed by atoms with Gasteiger partial charge in [0.15, 0.2) is 0 Å². The molecule has 4 rings (SSSR count). The van der Waals surface area contributed by atoms with Crippen molar-refractivity contribution >= 4 is 9.84 Å². The highest BCUT2D eigenvalue weighted by molar-refractivity contribution is 7.95. The van der Waals surface area contributed by atoms with Crippen LogP contribution < -0.4 is 0 Å². The molecule has 2 aromatic rings. The Morgan fingerprint density at radius 1 is 1.07 bits per heavy atom. The van der Waals surface area contributed by atoms with Gasteiger partial charge in [0.1, 0.15) is 0 Å². The average molecular weight is 426 g/mol. The number of fused-ring (bicyclic) bond motifs is 1. The summed E-state index contributed by atoms with van der Waals surface area (Å²) < 4.78 is 33.1. The van der Waals surface area contributed by atoms with Gasteiger partial charge in [-0.05, 0) is 49.8 Å². The highest BCUT2D eigenvalue weighted by Gasteiger charge is 2.40. The van der Waals surface area contributed by atoms with Crippen molar-refractivity contribution in [3.63, 3.8) is 0 Å². The van der Waals surface area contributed by atoms with Gasteiger partial charge in [-0.15, -0.1) is 0 Å². The third-order valence-electron chi connectivity index (χ3n) is 6.38. The number of allylic oxidation sites excluding steroid dienone is 1. The Morgan fingerprint density at radius 2 is 1.80 bits per heavy atom. The molecule has 2 aromatic carbocycles. The van der Waals surface area contributed by atoms with Crippen LogP contribution in [-0.4, -0.2) is 32.5 Å². The summed E-state index contributed by atoms with van der Waals surface area (Å²) in [4.78, 5) is 3.36. The third kappa shape index (κ3) is 4.33. The van der Waals surface area contributed by atoms with Crippen LogP contribution in [0.15, 0.2) is 70.1 Å². The summed E-state index contributed by atoms with van der Waals surface area (Å²) >= 11 is 0. The van der Waals surface area contributed by atoms with Crippen molar-refractivity contribution < 1.29 is 13.2 Å². The SMILES string of the molecule is Cc1ccc(S(=O)(=O)C2=C(CCOCc3ccccc3)N3CCC[C@H]3[C@H](C)C2)cc1. The number of hydrogen-bond acceptors (Lipinski definition) is 4. The van der Waals surface area contributed by atoms with Crippen molar-refractivity contribution in [2.45, 2.75) is 57.1 Å². The van der Waals surface area contributed by atoms with E-state index in [0.29, 0.717) is 47.8 Å². The number of sulfone groups is 1. The summed E-state index contributed by atoms with van der Waals surface area (Å²) in [6.07, 6.45) is 3.52. The second-order valence-electron chi connectivity index (χ2n) is 8.56. The summed E-state index contributed by atoms with van der Waals surface area (Å²) in [7, 11) is -3.51. The maximum atomic E-state index is 13.6. The molecule has 1 fully saturated rings. The topological polar surface area (TPSA) is 46.6 Å². The minimum Gasteiger partial charge on any atom is -0.376 e. The first kappa shape index (κ1) is 21.1. The van der Waals surface area contributed by atoms with Crippen molar-refractivity contribution in [1.29, 1.82) is 0 Å². The molecule has 2 heterocycles. The van der Waals surface area contributed by atoms with Crippen LogP contribution in [0.2, 0.25) is 0 Å². The molecule has 30 heavy (non-hydrogen) atoms. The zero-order valence-electron chi connectivity index (χ0n) is 17.9. The van der Waals surface area contributed by atoms with Gasteiger partial charge in [-0.3, -0.25) is 0 Å². The maximum Gasteiger partial charge on any atom is 0.204 e. The van der Waals surface area contributed by atoms with Gasteiger partial charge in [-0.1, -0.05) is 55.0 Å². The fraction of sp³-hybridized carbons (Fsp3) is 0.440. The predicted molar refractivity (Wildman–Crippen MR) is 120 cm³/mol.